The number of urea groups is 1. The predicted octanol–water partition coefficient (Wildman–Crippen LogP) is 1.79. The van der Waals surface area contributed by atoms with Crippen molar-refractivity contribution in [3.63, 3.8) is 0 Å². The lowest BCUT2D eigenvalue weighted by molar-refractivity contribution is -0.130. The summed E-state index contributed by atoms with van der Waals surface area (Å²) in [5.74, 6) is 1.32. The zero-order valence-electron chi connectivity index (χ0n) is 16.0. The van der Waals surface area contributed by atoms with Crippen molar-refractivity contribution >= 4 is 6.03 Å². The van der Waals surface area contributed by atoms with Crippen molar-refractivity contribution in [2.75, 3.05) is 33.9 Å². The van der Waals surface area contributed by atoms with Crippen LogP contribution in [0.3, 0.4) is 0 Å². The zero-order chi connectivity index (χ0) is 18.9. The van der Waals surface area contributed by atoms with Crippen LogP contribution in [0, 0.1) is 0 Å². The Hall–Kier alpha value is -1.99. The summed E-state index contributed by atoms with van der Waals surface area (Å²) in [6.07, 6.45) is 1.47. The fraction of sp³-hybridized carbons (Fsp3) is 0.632. The summed E-state index contributed by atoms with van der Waals surface area (Å²) in [6.45, 7) is 6.19. The third kappa shape index (κ3) is 2.79. The predicted molar refractivity (Wildman–Crippen MR) is 98.3 cm³/mol. The largest absolute Gasteiger partial charge is 0.497 e. The highest BCUT2D eigenvalue weighted by Crippen LogP contribution is 2.46. The van der Waals surface area contributed by atoms with Gasteiger partial charge in [0.2, 0.25) is 0 Å². The summed E-state index contributed by atoms with van der Waals surface area (Å²) in [5, 5.41) is 14.8. The smallest absolute Gasteiger partial charge is 0.323 e. The maximum atomic E-state index is 13.1. The Labute approximate surface area is 154 Å². The second kappa shape index (κ2) is 6.96. The van der Waals surface area contributed by atoms with E-state index >= 15 is 0 Å². The lowest BCUT2D eigenvalue weighted by atomic mass is 9.78. The van der Waals surface area contributed by atoms with Crippen molar-refractivity contribution in [1.82, 2.24) is 15.1 Å². The topological polar surface area (TPSA) is 74.3 Å². The summed E-state index contributed by atoms with van der Waals surface area (Å²) in [7, 11) is 3.19. The van der Waals surface area contributed by atoms with E-state index in [1.807, 2.05) is 24.0 Å². The molecule has 0 saturated carbocycles. The Morgan fingerprint density at radius 3 is 2.19 bits per heavy atom. The van der Waals surface area contributed by atoms with Crippen molar-refractivity contribution in [3.8, 4) is 11.5 Å². The number of nitrogens with zero attached hydrogens (tertiary/aromatic N) is 2. The first-order valence-corrected chi connectivity index (χ1v) is 9.14. The van der Waals surface area contributed by atoms with E-state index < -0.39 is 11.3 Å². The molecule has 3 rings (SSSR count). The molecule has 2 fully saturated rings. The second-order valence-electron chi connectivity index (χ2n) is 7.14. The molecule has 2 heterocycles. The molecule has 2 saturated heterocycles. The van der Waals surface area contributed by atoms with Gasteiger partial charge in [0.1, 0.15) is 11.5 Å². The van der Waals surface area contributed by atoms with Crippen molar-refractivity contribution in [3.05, 3.63) is 23.8 Å². The van der Waals surface area contributed by atoms with Crippen LogP contribution in [-0.2, 0) is 6.54 Å². The number of benzene rings is 1. The van der Waals surface area contributed by atoms with Crippen LogP contribution in [0.15, 0.2) is 18.2 Å². The van der Waals surface area contributed by atoms with Gasteiger partial charge < -0.3 is 24.8 Å². The van der Waals surface area contributed by atoms with Crippen LogP contribution < -0.4 is 14.8 Å². The molecule has 2 aliphatic rings. The van der Waals surface area contributed by atoms with Gasteiger partial charge in [0.25, 0.3) is 0 Å². The van der Waals surface area contributed by atoms with Crippen LogP contribution in [-0.4, -0.2) is 66.1 Å². The van der Waals surface area contributed by atoms with E-state index in [-0.39, 0.29) is 6.03 Å². The lowest BCUT2D eigenvalue weighted by Crippen LogP contribution is -2.63. The SMILES string of the molecule is CCN1C(=O)N(Cc2cc(OC)cc(OC)c2)C(C)(O)C12CCNCC2. The fourth-order valence-electron chi connectivity index (χ4n) is 4.41. The zero-order valence-corrected chi connectivity index (χ0v) is 16.0. The second-order valence-corrected chi connectivity index (χ2v) is 7.14. The average Bonchev–Trinajstić information content (AvgIpc) is 2.79. The molecule has 1 spiro atoms. The maximum absolute atomic E-state index is 13.1. The van der Waals surface area contributed by atoms with Gasteiger partial charge in [0, 0.05) is 12.6 Å². The maximum Gasteiger partial charge on any atom is 0.323 e. The number of carbonyl (C=O) groups excluding carboxylic acids is 1. The summed E-state index contributed by atoms with van der Waals surface area (Å²) < 4.78 is 10.7. The highest BCUT2D eigenvalue weighted by Gasteiger charge is 2.63. The number of piperidine rings is 1. The van der Waals surface area contributed by atoms with Gasteiger partial charge in [-0.2, -0.15) is 0 Å². The van der Waals surface area contributed by atoms with E-state index in [9.17, 15) is 9.90 Å². The molecule has 1 aromatic carbocycles. The van der Waals surface area contributed by atoms with Crippen LogP contribution in [0.5, 0.6) is 11.5 Å². The number of rotatable bonds is 5. The van der Waals surface area contributed by atoms with E-state index in [1.165, 1.54) is 0 Å². The first-order valence-electron chi connectivity index (χ1n) is 9.14. The number of hydrogen-bond donors (Lipinski definition) is 2. The van der Waals surface area contributed by atoms with Gasteiger partial charge in [-0.05, 0) is 57.5 Å². The molecular weight excluding hydrogens is 334 g/mol. The molecule has 1 atom stereocenters. The van der Waals surface area contributed by atoms with Crippen LogP contribution in [0.4, 0.5) is 4.79 Å². The van der Waals surface area contributed by atoms with Crippen LogP contribution in [0.1, 0.15) is 32.3 Å². The third-order valence-corrected chi connectivity index (χ3v) is 5.88. The van der Waals surface area contributed by atoms with Crippen LogP contribution >= 0.6 is 0 Å². The number of nitrogens with one attached hydrogen (secondary N) is 1. The van der Waals surface area contributed by atoms with E-state index in [0.29, 0.717) is 24.6 Å². The molecule has 0 bridgehead atoms. The molecule has 0 radical (unpaired) electrons. The van der Waals surface area contributed by atoms with E-state index in [1.54, 1.807) is 32.1 Å². The van der Waals surface area contributed by atoms with Crippen LogP contribution in [0.2, 0.25) is 0 Å². The highest BCUT2D eigenvalue weighted by molar-refractivity contribution is 5.80. The summed E-state index contributed by atoms with van der Waals surface area (Å²) in [6, 6.07) is 5.41. The van der Waals surface area contributed by atoms with Crippen molar-refractivity contribution in [1.29, 1.82) is 0 Å². The molecule has 1 unspecified atom stereocenters. The summed E-state index contributed by atoms with van der Waals surface area (Å²) in [4.78, 5) is 16.6. The average molecular weight is 363 g/mol. The molecule has 0 aliphatic carbocycles. The van der Waals surface area contributed by atoms with Gasteiger partial charge in [0.05, 0.1) is 26.3 Å². The Morgan fingerprint density at radius 2 is 1.69 bits per heavy atom. The van der Waals surface area contributed by atoms with E-state index in [2.05, 4.69) is 5.32 Å². The first kappa shape index (κ1) is 18.8. The minimum Gasteiger partial charge on any atom is -0.497 e. The number of aliphatic hydroxyl groups is 1. The van der Waals surface area contributed by atoms with E-state index in [0.717, 1.165) is 31.5 Å². The van der Waals surface area contributed by atoms with Crippen molar-refractivity contribution in [2.45, 2.75) is 44.5 Å². The molecule has 1 aromatic rings. The Kier molecular flexibility index (Phi) is 5.03. The molecule has 7 heteroatoms. The molecule has 7 nitrogen and oxygen atoms in total. The molecule has 144 valence electrons. The van der Waals surface area contributed by atoms with Crippen molar-refractivity contribution in [2.24, 2.45) is 0 Å². The monoisotopic (exact) mass is 363 g/mol. The minimum atomic E-state index is -1.25. The Morgan fingerprint density at radius 1 is 1.12 bits per heavy atom. The van der Waals surface area contributed by atoms with Gasteiger partial charge in [-0.1, -0.05) is 0 Å². The summed E-state index contributed by atoms with van der Waals surface area (Å²) >= 11 is 0. The number of methoxy groups -OCH3 is 2. The molecular formula is C19H29N3O4. The molecule has 26 heavy (non-hydrogen) atoms. The van der Waals surface area contributed by atoms with Gasteiger partial charge in [0.15, 0.2) is 5.72 Å². The molecule has 2 N–H and O–H groups in total. The fourth-order valence-corrected chi connectivity index (χ4v) is 4.41. The third-order valence-electron chi connectivity index (χ3n) is 5.88. The quantitative estimate of drug-likeness (QED) is 0.834. The summed E-state index contributed by atoms with van der Waals surface area (Å²) in [5.41, 5.74) is -0.956. The molecule has 0 aromatic heterocycles. The van der Waals surface area contributed by atoms with Gasteiger partial charge >= 0.3 is 6.03 Å². The first-order chi connectivity index (χ1) is 12.4. The Bertz CT molecular complexity index is 648. The lowest BCUT2D eigenvalue weighted by Gasteiger charge is -2.47. The number of likely N-dealkylation sites (N-methyl/N-ethyl adjacent to an activating group) is 1. The van der Waals surface area contributed by atoms with Crippen LogP contribution in [0.25, 0.3) is 0 Å². The number of carbonyl (C=O) groups is 1. The minimum absolute atomic E-state index is 0.124. The van der Waals surface area contributed by atoms with Gasteiger partial charge in [-0.3, -0.25) is 4.90 Å². The number of hydrogen-bond acceptors (Lipinski definition) is 5. The van der Waals surface area contributed by atoms with Crippen molar-refractivity contribution < 1.29 is 19.4 Å². The highest BCUT2D eigenvalue weighted by atomic mass is 16.5. The number of amides is 2. The van der Waals surface area contributed by atoms with E-state index in [4.69, 9.17) is 9.47 Å². The van der Waals surface area contributed by atoms with Gasteiger partial charge in [-0.25, -0.2) is 4.79 Å². The Balaban J connectivity index is 1.96. The normalized spacial score (nSPS) is 25.0. The van der Waals surface area contributed by atoms with Gasteiger partial charge in [-0.15, -0.1) is 0 Å². The standard InChI is InChI=1S/C19H29N3O4/c1-5-21-17(23)22(18(2,24)19(21)6-8-20-9-7-19)13-14-10-15(25-3)12-16(11-14)26-4/h10-12,20,24H,5-9,13H2,1-4H3. The molecule has 2 amide bonds. The number of ether oxygens (including phenoxy) is 2. The molecule has 2 aliphatic heterocycles.